The quantitative estimate of drug-likeness (QED) is 0.828. The predicted molar refractivity (Wildman–Crippen MR) is 83.4 cm³/mol. The van der Waals surface area contributed by atoms with Crippen molar-refractivity contribution in [3.8, 4) is 0 Å². The fourth-order valence-corrected chi connectivity index (χ4v) is 2.60. The lowest BCUT2D eigenvalue weighted by atomic mass is 9.99. The summed E-state index contributed by atoms with van der Waals surface area (Å²) in [6.07, 6.45) is 0. The molecule has 1 amide bonds. The van der Waals surface area contributed by atoms with Gasteiger partial charge in [0.2, 0.25) is 5.91 Å². The summed E-state index contributed by atoms with van der Waals surface area (Å²) in [5.41, 5.74) is 7.27. The highest BCUT2D eigenvalue weighted by Crippen LogP contribution is 2.21. The number of benzene rings is 1. The van der Waals surface area contributed by atoms with E-state index in [4.69, 9.17) is 5.73 Å². The largest absolute Gasteiger partial charge is 0.342 e. The molecule has 0 bridgehead atoms. The fourth-order valence-electron chi connectivity index (χ4n) is 2.60. The van der Waals surface area contributed by atoms with E-state index in [1.165, 1.54) is 0 Å². The van der Waals surface area contributed by atoms with Crippen molar-refractivity contribution in [2.24, 2.45) is 5.73 Å². The molecule has 1 rings (SSSR count). The normalized spacial score (nSPS) is 14.1. The first-order valence-electron chi connectivity index (χ1n) is 7.29. The molecule has 1 aromatic rings. The van der Waals surface area contributed by atoms with Crippen molar-refractivity contribution >= 4 is 5.91 Å². The van der Waals surface area contributed by atoms with Crippen molar-refractivity contribution in [3.05, 3.63) is 35.9 Å². The van der Waals surface area contributed by atoms with Gasteiger partial charge in [-0.05, 0) is 33.4 Å². The van der Waals surface area contributed by atoms with Crippen LogP contribution in [-0.4, -0.2) is 48.4 Å². The minimum atomic E-state index is -0.0353. The molecule has 4 heteroatoms. The Morgan fingerprint density at radius 1 is 1.20 bits per heavy atom. The minimum Gasteiger partial charge on any atom is -0.342 e. The molecule has 112 valence electrons. The average Bonchev–Trinajstić information content (AvgIpc) is 2.40. The van der Waals surface area contributed by atoms with Crippen LogP contribution in [0.3, 0.4) is 0 Å². The summed E-state index contributed by atoms with van der Waals surface area (Å²) in [5, 5.41) is 0. The third-order valence-corrected chi connectivity index (χ3v) is 3.61. The molecule has 0 fully saturated rings. The van der Waals surface area contributed by atoms with Crippen molar-refractivity contribution in [1.82, 2.24) is 9.80 Å². The van der Waals surface area contributed by atoms with E-state index in [9.17, 15) is 4.79 Å². The van der Waals surface area contributed by atoms with E-state index in [1.807, 2.05) is 55.8 Å². The van der Waals surface area contributed by atoms with Gasteiger partial charge in [-0.3, -0.25) is 9.69 Å². The molecule has 0 aliphatic carbocycles. The number of hydrogen-bond acceptors (Lipinski definition) is 3. The second-order valence-corrected chi connectivity index (χ2v) is 5.20. The van der Waals surface area contributed by atoms with Gasteiger partial charge in [-0.1, -0.05) is 30.3 Å². The van der Waals surface area contributed by atoms with Gasteiger partial charge < -0.3 is 10.6 Å². The molecular formula is C16H27N3O. The SMILES string of the molecule is CCN(CC)C(=O)CN(C)C(c1ccccc1)C(C)N. The lowest BCUT2D eigenvalue weighted by Gasteiger charge is -2.32. The van der Waals surface area contributed by atoms with E-state index in [-0.39, 0.29) is 18.0 Å². The molecule has 0 saturated heterocycles. The lowest BCUT2D eigenvalue weighted by molar-refractivity contribution is -0.132. The molecular weight excluding hydrogens is 250 g/mol. The monoisotopic (exact) mass is 277 g/mol. The van der Waals surface area contributed by atoms with Crippen LogP contribution in [0.5, 0.6) is 0 Å². The van der Waals surface area contributed by atoms with Crippen LogP contribution in [-0.2, 0) is 4.79 Å². The Morgan fingerprint density at radius 2 is 1.75 bits per heavy atom. The van der Waals surface area contributed by atoms with Gasteiger partial charge in [-0.25, -0.2) is 0 Å². The van der Waals surface area contributed by atoms with Crippen molar-refractivity contribution in [2.45, 2.75) is 32.9 Å². The zero-order valence-electron chi connectivity index (χ0n) is 13.0. The topological polar surface area (TPSA) is 49.6 Å². The summed E-state index contributed by atoms with van der Waals surface area (Å²) in [7, 11) is 1.96. The Morgan fingerprint density at radius 3 is 2.20 bits per heavy atom. The number of nitrogens with two attached hydrogens (primary N) is 1. The van der Waals surface area contributed by atoms with Gasteiger partial charge >= 0.3 is 0 Å². The van der Waals surface area contributed by atoms with E-state index in [1.54, 1.807) is 0 Å². The van der Waals surface area contributed by atoms with Crippen LogP contribution in [0.15, 0.2) is 30.3 Å². The molecule has 2 N–H and O–H groups in total. The molecule has 0 saturated carbocycles. The molecule has 0 aliphatic rings. The van der Waals surface area contributed by atoms with Gasteiger partial charge in [0.1, 0.15) is 0 Å². The van der Waals surface area contributed by atoms with Crippen LogP contribution < -0.4 is 5.73 Å². The van der Waals surface area contributed by atoms with Crippen molar-refractivity contribution in [3.63, 3.8) is 0 Å². The molecule has 0 spiro atoms. The summed E-state index contributed by atoms with van der Waals surface area (Å²) in [4.78, 5) is 16.1. The maximum absolute atomic E-state index is 12.2. The summed E-state index contributed by atoms with van der Waals surface area (Å²) in [6.45, 7) is 7.87. The highest BCUT2D eigenvalue weighted by molar-refractivity contribution is 5.78. The number of likely N-dealkylation sites (N-methyl/N-ethyl adjacent to an activating group) is 2. The smallest absolute Gasteiger partial charge is 0.236 e. The fraction of sp³-hybridized carbons (Fsp3) is 0.562. The van der Waals surface area contributed by atoms with Gasteiger partial charge in [0, 0.05) is 25.2 Å². The van der Waals surface area contributed by atoms with E-state index < -0.39 is 0 Å². The molecule has 0 aliphatic heterocycles. The Bertz CT molecular complexity index is 401. The minimum absolute atomic E-state index is 0.0353. The number of nitrogens with zero attached hydrogens (tertiary/aromatic N) is 2. The van der Waals surface area contributed by atoms with Crippen LogP contribution in [0, 0.1) is 0 Å². The number of rotatable bonds is 7. The van der Waals surface area contributed by atoms with Crippen LogP contribution >= 0.6 is 0 Å². The third kappa shape index (κ3) is 4.32. The zero-order chi connectivity index (χ0) is 15.1. The van der Waals surface area contributed by atoms with Crippen LogP contribution in [0.4, 0.5) is 0 Å². The number of amides is 1. The van der Waals surface area contributed by atoms with Crippen molar-refractivity contribution in [2.75, 3.05) is 26.7 Å². The lowest BCUT2D eigenvalue weighted by Crippen LogP contribution is -2.44. The molecule has 20 heavy (non-hydrogen) atoms. The number of carbonyl (C=O) groups is 1. The van der Waals surface area contributed by atoms with Gasteiger partial charge in [-0.15, -0.1) is 0 Å². The van der Waals surface area contributed by atoms with Crippen molar-refractivity contribution in [1.29, 1.82) is 0 Å². The molecule has 1 aromatic carbocycles. The maximum Gasteiger partial charge on any atom is 0.236 e. The molecule has 4 nitrogen and oxygen atoms in total. The van der Waals surface area contributed by atoms with Gasteiger partial charge in [-0.2, -0.15) is 0 Å². The van der Waals surface area contributed by atoms with E-state index in [0.29, 0.717) is 6.54 Å². The van der Waals surface area contributed by atoms with Crippen molar-refractivity contribution < 1.29 is 4.79 Å². The Labute approximate surface area is 122 Å². The average molecular weight is 277 g/mol. The third-order valence-electron chi connectivity index (χ3n) is 3.61. The number of hydrogen-bond donors (Lipinski definition) is 1. The van der Waals surface area contributed by atoms with Crippen LogP contribution in [0.2, 0.25) is 0 Å². The predicted octanol–water partition coefficient (Wildman–Crippen LogP) is 1.88. The summed E-state index contributed by atoms with van der Waals surface area (Å²) >= 11 is 0. The Kier molecular flexibility index (Phi) is 6.68. The highest BCUT2D eigenvalue weighted by atomic mass is 16.2. The van der Waals surface area contributed by atoms with Gasteiger partial charge in [0.15, 0.2) is 0 Å². The molecule has 0 radical (unpaired) electrons. The maximum atomic E-state index is 12.2. The van der Waals surface area contributed by atoms with E-state index in [2.05, 4.69) is 12.1 Å². The standard InChI is InChI=1S/C16H27N3O/c1-5-19(6-2)15(20)12-18(4)16(13(3)17)14-10-8-7-9-11-14/h7-11,13,16H,5-6,12,17H2,1-4H3. The Hall–Kier alpha value is -1.39. The second kappa shape index (κ2) is 8.02. The first kappa shape index (κ1) is 16.7. The first-order chi connectivity index (χ1) is 9.51. The van der Waals surface area contributed by atoms with Crippen LogP contribution in [0.1, 0.15) is 32.4 Å². The molecule has 0 aromatic heterocycles. The summed E-state index contributed by atoms with van der Waals surface area (Å²) in [6, 6.07) is 10.1. The second-order valence-electron chi connectivity index (χ2n) is 5.20. The van der Waals surface area contributed by atoms with E-state index in [0.717, 1.165) is 18.7 Å². The van der Waals surface area contributed by atoms with Gasteiger partial charge in [0.25, 0.3) is 0 Å². The molecule has 0 heterocycles. The Balaban J connectivity index is 2.81. The first-order valence-corrected chi connectivity index (χ1v) is 7.29. The van der Waals surface area contributed by atoms with E-state index >= 15 is 0 Å². The molecule has 2 atom stereocenters. The molecule has 2 unspecified atom stereocenters. The van der Waals surface area contributed by atoms with Crippen LogP contribution in [0.25, 0.3) is 0 Å². The summed E-state index contributed by atoms with van der Waals surface area (Å²) in [5.74, 6) is 0.152. The summed E-state index contributed by atoms with van der Waals surface area (Å²) < 4.78 is 0. The highest BCUT2D eigenvalue weighted by Gasteiger charge is 2.23. The van der Waals surface area contributed by atoms with Gasteiger partial charge in [0.05, 0.1) is 6.54 Å². The zero-order valence-corrected chi connectivity index (χ0v) is 13.0. The number of carbonyl (C=O) groups excluding carboxylic acids is 1.